The highest BCUT2D eigenvalue weighted by Gasteiger charge is 2.50. The molecule has 1 heterocycles. The number of carbonyl (C=O) groups excluding carboxylic acids is 2. The van der Waals surface area contributed by atoms with Crippen LogP contribution in [-0.2, 0) is 24.4 Å². The second-order valence-corrected chi connectivity index (χ2v) is 11.8. The van der Waals surface area contributed by atoms with E-state index in [9.17, 15) is 35.6 Å². The number of hydrogen-bond acceptors (Lipinski definition) is 6. The van der Waals surface area contributed by atoms with Gasteiger partial charge in [-0.2, -0.15) is 21.6 Å². The number of anilines is 1. The first-order valence-electron chi connectivity index (χ1n) is 11.9. The molecular formula is C27H22F4INO6S. The van der Waals surface area contributed by atoms with Crippen molar-refractivity contribution in [1.29, 1.82) is 0 Å². The van der Waals surface area contributed by atoms with E-state index in [1.165, 1.54) is 48.2 Å². The van der Waals surface area contributed by atoms with Crippen molar-refractivity contribution in [3.63, 3.8) is 0 Å². The van der Waals surface area contributed by atoms with Crippen LogP contribution in [0, 0.1) is 15.3 Å². The number of alkyl halides is 3. The molecular weight excluding hydrogens is 669 g/mol. The molecule has 1 saturated heterocycles. The second-order valence-electron chi connectivity index (χ2n) is 9.02. The summed E-state index contributed by atoms with van der Waals surface area (Å²) in [5.74, 6) is -2.33. The van der Waals surface area contributed by atoms with E-state index in [0.29, 0.717) is 17.7 Å². The molecule has 1 aliphatic heterocycles. The standard InChI is InChI=1S/C27H22F4INO6S/c1-16(34)38-24(17-2-6-19(28)7-3-17)15-14-23-25(18-4-8-20(32)9-5-18)33(26(23)35)21-10-12-22(13-11-21)39-40(36,37)27(29,30)31/h2-13,23-25H,14-15H2,1H3/t23-,24?,25-/m1/s1. The number of halogens is 5. The number of hydrogen-bond donors (Lipinski definition) is 0. The van der Waals surface area contributed by atoms with E-state index in [-0.39, 0.29) is 12.3 Å². The van der Waals surface area contributed by atoms with E-state index >= 15 is 0 Å². The zero-order valence-electron chi connectivity index (χ0n) is 20.8. The highest BCUT2D eigenvalue weighted by atomic mass is 127. The molecule has 1 aliphatic rings. The molecule has 212 valence electrons. The first-order chi connectivity index (χ1) is 18.8. The van der Waals surface area contributed by atoms with Gasteiger partial charge in [0, 0.05) is 16.2 Å². The van der Waals surface area contributed by atoms with Gasteiger partial charge in [0.25, 0.3) is 0 Å². The van der Waals surface area contributed by atoms with Crippen molar-refractivity contribution in [2.75, 3.05) is 4.90 Å². The first kappa shape index (κ1) is 29.8. The van der Waals surface area contributed by atoms with Crippen LogP contribution in [0.3, 0.4) is 0 Å². The van der Waals surface area contributed by atoms with Crippen LogP contribution in [0.2, 0.25) is 0 Å². The molecule has 0 aromatic heterocycles. The van der Waals surface area contributed by atoms with Gasteiger partial charge in [-0.25, -0.2) is 4.39 Å². The van der Waals surface area contributed by atoms with Gasteiger partial charge in [0.2, 0.25) is 5.91 Å². The van der Waals surface area contributed by atoms with Gasteiger partial charge in [0.1, 0.15) is 17.7 Å². The maximum Gasteiger partial charge on any atom is 0.534 e. The Morgan fingerprint density at radius 3 is 2.15 bits per heavy atom. The molecule has 1 unspecified atom stereocenters. The number of ether oxygens (including phenoxy) is 1. The highest BCUT2D eigenvalue weighted by molar-refractivity contribution is 14.1. The Bertz CT molecular complexity index is 1480. The van der Waals surface area contributed by atoms with Crippen LogP contribution >= 0.6 is 22.6 Å². The molecule has 3 aromatic rings. The van der Waals surface area contributed by atoms with Crippen LogP contribution in [0.4, 0.5) is 23.2 Å². The SMILES string of the molecule is CC(=O)OC(CC[C@H]1C(=O)N(c2ccc(OS(=O)(=O)C(F)(F)F)cc2)[C@@H]1c1ccc(I)cc1)c1ccc(F)cc1. The van der Waals surface area contributed by atoms with Crippen molar-refractivity contribution in [1.82, 2.24) is 0 Å². The van der Waals surface area contributed by atoms with Crippen LogP contribution in [0.15, 0.2) is 72.8 Å². The van der Waals surface area contributed by atoms with Crippen molar-refractivity contribution < 1.29 is 44.5 Å². The lowest BCUT2D eigenvalue weighted by Crippen LogP contribution is -2.55. The average molecular weight is 691 g/mol. The van der Waals surface area contributed by atoms with Gasteiger partial charge in [-0.05, 0) is 95.1 Å². The van der Waals surface area contributed by atoms with E-state index in [2.05, 4.69) is 26.8 Å². The van der Waals surface area contributed by atoms with Gasteiger partial charge < -0.3 is 13.8 Å². The summed E-state index contributed by atoms with van der Waals surface area (Å²) in [4.78, 5) is 26.6. The fourth-order valence-electron chi connectivity index (χ4n) is 4.50. The fraction of sp³-hybridized carbons (Fsp3) is 0.259. The van der Waals surface area contributed by atoms with Gasteiger partial charge in [-0.1, -0.05) is 24.3 Å². The zero-order chi connectivity index (χ0) is 29.2. The summed E-state index contributed by atoms with van der Waals surface area (Å²) in [6.45, 7) is 1.26. The van der Waals surface area contributed by atoms with E-state index < -0.39 is 51.2 Å². The Kier molecular flexibility index (Phi) is 8.73. The van der Waals surface area contributed by atoms with Gasteiger partial charge in [-0.3, -0.25) is 9.59 Å². The molecule has 3 aromatic carbocycles. The Balaban J connectivity index is 1.57. The summed E-state index contributed by atoms with van der Waals surface area (Å²) in [6, 6.07) is 17.2. The van der Waals surface area contributed by atoms with Crippen molar-refractivity contribution in [3.05, 3.63) is 93.3 Å². The molecule has 40 heavy (non-hydrogen) atoms. The maximum absolute atomic E-state index is 13.4. The largest absolute Gasteiger partial charge is 0.534 e. The van der Waals surface area contributed by atoms with Crippen LogP contribution in [0.1, 0.15) is 43.0 Å². The Morgan fingerprint density at radius 1 is 1.00 bits per heavy atom. The van der Waals surface area contributed by atoms with Gasteiger partial charge >= 0.3 is 21.6 Å². The fourth-order valence-corrected chi connectivity index (χ4v) is 5.32. The molecule has 0 saturated carbocycles. The van der Waals surface area contributed by atoms with E-state index in [1.807, 2.05) is 24.3 Å². The third-order valence-corrected chi connectivity index (χ3v) is 8.02. The number of rotatable bonds is 9. The summed E-state index contributed by atoms with van der Waals surface area (Å²) >= 11 is 2.14. The summed E-state index contributed by atoms with van der Waals surface area (Å²) < 4.78 is 84.6. The molecule has 13 heteroatoms. The minimum atomic E-state index is -5.84. The smallest absolute Gasteiger partial charge is 0.458 e. The third-order valence-electron chi connectivity index (χ3n) is 6.32. The van der Waals surface area contributed by atoms with Crippen LogP contribution in [0.5, 0.6) is 5.75 Å². The van der Waals surface area contributed by atoms with E-state index in [0.717, 1.165) is 21.3 Å². The molecule has 0 aliphatic carbocycles. The van der Waals surface area contributed by atoms with Gasteiger partial charge in [0.15, 0.2) is 0 Å². The summed E-state index contributed by atoms with van der Waals surface area (Å²) in [7, 11) is -5.84. The lowest BCUT2D eigenvalue weighted by Gasteiger charge is -2.48. The average Bonchev–Trinajstić information content (AvgIpc) is 2.88. The zero-order valence-corrected chi connectivity index (χ0v) is 23.7. The molecule has 0 N–H and O–H groups in total. The number of nitrogens with zero attached hydrogens (tertiary/aromatic N) is 1. The molecule has 0 spiro atoms. The maximum atomic E-state index is 13.4. The molecule has 1 fully saturated rings. The Labute approximate surface area is 241 Å². The topological polar surface area (TPSA) is 90.0 Å². The molecule has 0 radical (unpaired) electrons. The van der Waals surface area contributed by atoms with Crippen molar-refractivity contribution in [3.8, 4) is 5.75 Å². The van der Waals surface area contributed by atoms with Crippen molar-refractivity contribution in [2.24, 2.45) is 5.92 Å². The molecule has 4 rings (SSSR count). The lowest BCUT2D eigenvalue weighted by atomic mass is 9.78. The van der Waals surface area contributed by atoms with Crippen LogP contribution < -0.4 is 9.08 Å². The van der Waals surface area contributed by atoms with Crippen molar-refractivity contribution >= 4 is 50.3 Å². The number of carbonyl (C=O) groups is 2. The number of benzene rings is 3. The minimum absolute atomic E-state index is 0.276. The number of β-lactam (4-membered cyclic amide) rings is 1. The van der Waals surface area contributed by atoms with E-state index in [4.69, 9.17) is 4.74 Å². The summed E-state index contributed by atoms with van der Waals surface area (Å²) in [5.41, 5.74) is -3.87. The molecule has 3 atom stereocenters. The summed E-state index contributed by atoms with van der Waals surface area (Å²) in [5, 5.41) is 0. The molecule has 1 amide bonds. The van der Waals surface area contributed by atoms with Gasteiger partial charge in [-0.15, -0.1) is 0 Å². The number of esters is 1. The van der Waals surface area contributed by atoms with Crippen molar-refractivity contribution in [2.45, 2.75) is 37.4 Å². The quantitative estimate of drug-likeness (QED) is 0.0641. The second kappa shape index (κ2) is 11.7. The van der Waals surface area contributed by atoms with Crippen LogP contribution in [-0.4, -0.2) is 25.8 Å². The van der Waals surface area contributed by atoms with Gasteiger partial charge in [0.05, 0.1) is 12.0 Å². The third kappa shape index (κ3) is 6.57. The Hall–Kier alpha value is -3.20. The minimum Gasteiger partial charge on any atom is -0.458 e. The highest BCUT2D eigenvalue weighted by Crippen LogP contribution is 2.47. The summed E-state index contributed by atoms with van der Waals surface area (Å²) in [6.07, 6.45) is -0.116. The molecule has 7 nitrogen and oxygen atoms in total. The molecule has 0 bridgehead atoms. The predicted octanol–water partition coefficient (Wildman–Crippen LogP) is 6.45. The number of amides is 1. The van der Waals surface area contributed by atoms with E-state index in [1.54, 1.807) is 0 Å². The lowest BCUT2D eigenvalue weighted by molar-refractivity contribution is -0.147. The van der Waals surface area contributed by atoms with Crippen LogP contribution in [0.25, 0.3) is 0 Å². The normalized spacial score (nSPS) is 18.1. The monoisotopic (exact) mass is 691 g/mol. The predicted molar refractivity (Wildman–Crippen MR) is 145 cm³/mol. The Morgan fingerprint density at radius 2 is 1.60 bits per heavy atom. The first-order valence-corrected chi connectivity index (χ1v) is 14.4.